The van der Waals surface area contributed by atoms with Crippen LogP contribution in [0.25, 0.3) is 0 Å². The molecule has 1 rings (SSSR count). The molecule has 1 fully saturated rings. The van der Waals surface area contributed by atoms with E-state index in [1.165, 1.54) is 154 Å². The number of likely N-dealkylation sites (tertiary alicyclic amines) is 1. The monoisotopic (exact) mass is 629 g/mol. The number of nitrogens with one attached hydrogen (secondary N) is 1. The van der Waals surface area contributed by atoms with Gasteiger partial charge >= 0.3 is 0 Å². The van der Waals surface area contributed by atoms with Gasteiger partial charge in [-0.3, -0.25) is 9.59 Å². The molecule has 0 spiro atoms. The zero-order chi connectivity index (χ0) is 32.5. The summed E-state index contributed by atoms with van der Waals surface area (Å²) in [6, 6.07) is -0.241. The van der Waals surface area contributed by atoms with Crippen molar-refractivity contribution in [2.24, 2.45) is 0 Å². The molecule has 1 unspecified atom stereocenters. The maximum Gasteiger partial charge on any atom is 0.242 e. The van der Waals surface area contributed by atoms with E-state index >= 15 is 0 Å². The molecule has 0 aromatic carbocycles. The van der Waals surface area contributed by atoms with Gasteiger partial charge in [-0.2, -0.15) is 0 Å². The van der Waals surface area contributed by atoms with Gasteiger partial charge in [-0.15, -0.1) is 0 Å². The number of rotatable bonds is 32. The summed E-state index contributed by atoms with van der Waals surface area (Å²) in [6.07, 6.45) is 46.4. The fourth-order valence-electron chi connectivity index (χ4n) is 6.53. The molecule has 45 heavy (non-hydrogen) atoms. The molecule has 4 heteroatoms. The first-order valence-corrected chi connectivity index (χ1v) is 20.1. The average molecular weight is 629 g/mol. The SMILES string of the molecule is CCCCCCCC/C=C\CCCCCCCCNC(=O)C1CCCN1C(=O)CCCCCCC/C=C\CCCCCCCC. The van der Waals surface area contributed by atoms with Crippen molar-refractivity contribution in [2.45, 2.75) is 213 Å². The van der Waals surface area contributed by atoms with Crippen LogP contribution in [-0.2, 0) is 9.59 Å². The minimum absolute atomic E-state index is 0.0677. The van der Waals surface area contributed by atoms with Gasteiger partial charge in [0.1, 0.15) is 6.04 Å². The highest BCUT2D eigenvalue weighted by Crippen LogP contribution is 2.20. The van der Waals surface area contributed by atoms with Crippen molar-refractivity contribution < 1.29 is 9.59 Å². The summed E-state index contributed by atoms with van der Waals surface area (Å²) in [7, 11) is 0. The molecule has 1 N–H and O–H groups in total. The third-order valence-electron chi connectivity index (χ3n) is 9.52. The standard InChI is InChI=1S/C41H76N2O2/c1-3-5-7-9-11-13-15-17-19-21-23-25-27-29-31-33-37-42-41(45)39-35-34-38-43(39)40(44)36-32-30-28-26-24-22-20-18-16-14-12-10-8-6-4-2/h17-20,39H,3-16,21-38H2,1-2H3,(H,42,45)/b19-17-,20-18-. The molecule has 1 atom stereocenters. The van der Waals surface area contributed by atoms with Crippen LogP contribution in [0.2, 0.25) is 0 Å². The topological polar surface area (TPSA) is 49.4 Å². The van der Waals surface area contributed by atoms with E-state index in [1.54, 1.807) is 0 Å². The molecule has 0 aromatic heterocycles. The molecule has 0 aromatic rings. The second-order valence-corrected chi connectivity index (χ2v) is 13.8. The summed E-state index contributed by atoms with van der Waals surface area (Å²) in [5.41, 5.74) is 0. The van der Waals surface area contributed by atoms with Crippen molar-refractivity contribution in [3.63, 3.8) is 0 Å². The summed E-state index contributed by atoms with van der Waals surface area (Å²) < 4.78 is 0. The van der Waals surface area contributed by atoms with Crippen molar-refractivity contribution in [3.05, 3.63) is 24.3 Å². The van der Waals surface area contributed by atoms with Crippen molar-refractivity contribution in [3.8, 4) is 0 Å². The van der Waals surface area contributed by atoms with Crippen molar-refractivity contribution >= 4 is 11.8 Å². The highest BCUT2D eigenvalue weighted by molar-refractivity contribution is 5.88. The van der Waals surface area contributed by atoms with Crippen LogP contribution in [0.15, 0.2) is 24.3 Å². The number of hydrogen-bond donors (Lipinski definition) is 1. The molecule has 1 aliphatic heterocycles. The van der Waals surface area contributed by atoms with E-state index in [-0.39, 0.29) is 17.9 Å². The average Bonchev–Trinajstić information content (AvgIpc) is 3.55. The Morgan fingerprint density at radius 3 is 1.42 bits per heavy atom. The van der Waals surface area contributed by atoms with E-state index < -0.39 is 0 Å². The molecule has 0 aliphatic carbocycles. The van der Waals surface area contributed by atoms with Crippen molar-refractivity contribution in [1.29, 1.82) is 0 Å². The zero-order valence-electron chi connectivity index (χ0n) is 30.3. The predicted octanol–water partition coefficient (Wildman–Crippen LogP) is 12.2. The van der Waals surface area contributed by atoms with Crippen molar-refractivity contribution in [1.82, 2.24) is 10.2 Å². The third kappa shape index (κ3) is 25.2. The maximum atomic E-state index is 12.9. The van der Waals surface area contributed by atoms with E-state index in [4.69, 9.17) is 0 Å². The van der Waals surface area contributed by atoms with Gasteiger partial charge in [0.25, 0.3) is 0 Å². The number of carbonyl (C=O) groups excluding carboxylic acids is 2. The van der Waals surface area contributed by atoms with Gasteiger partial charge in [0.15, 0.2) is 0 Å². The lowest BCUT2D eigenvalue weighted by Gasteiger charge is -2.24. The molecular weight excluding hydrogens is 552 g/mol. The number of amides is 2. The second kappa shape index (κ2) is 32.4. The van der Waals surface area contributed by atoms with Crippen LogP contribution in [0.3, 0.4) is 0 Å². The summed E-state index contributed by atoms with van der Waals surface area (Å²) in [5.74, 6) is 0.251. The van der Waals surface area contributed by atoms with Gasteiger partial charge < -0.3 is 10.2 Å². The van der Waals surface area contributed by atoms with Gasteiger partial charge in [-0.05, 0) is 77.0 Å². The molecule has 1 heterocycles. The second-order valence-electron chi connectivity index (χ2n) is 13.8. The molecule has 0 radical (unpaired) electrons. The third-order valence-corrected chi connectivity index (χ3v) is 9.52. The van der Waals surface area contributed by atoms with E-state index in [1.807, 2.05) is 4.90 Å². The quantitative estimate of drug-likeness (QED) is 0.0595. The van der Waals surface area contributed by atoms with Crippen LogP contribution in [-0.4, -0.2) is 35.8 Å². The fraction of sp³-hybridized carbons (Fsp3) is 0.854. The molecule has 1 saturated heterocycles. The Hall–Kier alpha value is -1.58. The first-order valence-electron chi connectivity index (χ1n) is 20.1. The minimum Gasteiger partial charge on any atom is -0.354 e. The zero-order valence-corrected chi connectivity index (χ0v) is 30.3. The lowest BCUT2D eigenvalue weighted by molar-refractivity contribution is -0.138. The van der Waals surface area contributed by atoms with E-state index in [2.05, 4.69) is 43.5 Å². The Kier molecular flexibility index (Phi) is 29.8. The summed E-state index contributed by atoms with van der Waals surface area (Å²) in [5, 5.41) is 3.13. The van der Waals surface area contributed by atoms with Gasteiger partial charge in [-0.1, -0.05) is 147 Å². The number of allylic oxidation sites excluding steroid dienone is 4. The van der Waals surface area contributed by atoms with Gasteiger partial charge in [0.2, 0.25) is 11.8 Å². The predicted molar refractivity (Wildman–Crippen MR) is 197 cm³/mol. The summed E-state index contributed by atoms with van der Waals surface area (Å²) in [4.78, 5) is 27.5. The van der Waals surface area contributed by atoms with Crippen LogP contribution in [0.5, 0.6) is 0 Å². The van der Waals surface area contributed by atoms with E-state index in [0.29, 0.717) is 6.42 Å². The molecule has 4 nitrogen and oxygen atoms in total. The number of nitrogens with zero attached hydrogens (tertiary/aromatic N) is 1. The Bertz CT molecular complexity index is 731. The van der Waals surface area contributed by atoms with Crippen LogP contribution < -0.4 is 5.32 Å². The van der Waals surface area contributed by atoms with Crippen LogP contribution >= 0.6 is 0 Å². The number of hydrogen-bond acceptors (Lipinski definition) is 2. The molecule has 1 aliphatic rings. The molecular formula is C41H76N2O2. The summed E-state index contributed by atoms with van der Waals surface area (Å²) >= 11 is 0. The van der Waals surface area contributed by atoms with Gasteiger partial charge in [0.05, 0.1) is 0 Å². The first kappa shape index (κ1) is 41.4. The largest absolute Gasteiger partial charge is 0.354 e. The van der Waals surface area contributed by atoms with Crippen LogP contribution in [0.4, 0.5) is 0 Å². The van der Waals surface area contributed by atoms with Crippen LogP contribution in [0.1, 0.15) is 206 Å². The van der Waals surface area contributed by atoms with E-state index in [0.717, 1.165) is 45.2 Å². The molecule has 0 saturated carbocycles. The van der Waals surface area contributed by atoms with E-state index in [9.17, 15) is 9.59 Å². The van der Waals surface area contributed by atoms with Gasteiger partial charge in [-0.25, -0.2) is 0 Å². The fourth-order valence-corrected chi connectivity index (χ4v) is 6.53. The Labute approximate surface area is 281 Å². The molecule has 2 amide bonds. The lowest BCUT2D eigenvalue weighted by Crippen LogP contribution is -2.46. The highest BCUT2D eigenvalue weighted by atomic mass is 16.2. The highest BCUT2D eigenvalue weighted by Gasteiger charge is 2.33. The number of carbonyl (C=O) groups is 2. The van der Waals surface area contributed by atoms with Crippen molar-refractivity contribution in [2.75, 3.05) is 13.1 Å². The Morgan fingerprint density at radius 1 is 0.556 bits per heavy atom. The smallest absolute Gasteiger partial charge is 0.242 e. The first-order chi connectivity index (χ1) is 22.2. The molecule has 0 bridgehead atoms. The number of unbranched alkanes of at least 4 members (excludes halogenated alkanes) is 23. The lowest BCUT2D eigenvalue weighted by atomic mass is 10.1. The minimum atomic E-state index is -0.241. The Morgan fingerprint density at radius 2 is 0.956 bits per heavy atom. The summed E-state index contributed by atoms with van der Waals surface area (Å²) in [6.45, 7) is 6.04. The van der Waals surface area contributed by atoms with Crippen LogP contribution in [0, 0.1) is 0 Å². The van der Waals surface area contributed by atoms with Gasteiger partial charge in [0, 0.05) is 19.5 Å². The molecule has 262 valence electrons. The normalized spacial score (nSPS) is 15.2. The Balaban J connectivity index is 1.95. The maximum absolute atomic E-state index is 12.9.